The van der Waals surface area contributed by atoms with Crippen molar-refractivity contribution in [2.45, 2.75) is 52.4 Å². The first-order chi connectivity index (χ1) is 24.6. The Morgan fingerprint density at radius 3 is 1.16 bits per heavy atom. The summed E-state index contributed by atoms with van der Waals surface area (Å²) in [6, 6.07) is 60.6. The first kappa shape index (κ1) is 32.5. The minimum atomic E-state index is 0.0784. The maximum Gasteiger partial charge on any atom is 0.0535 e. The third kappa shape index (κ3) is 5.97. The lowest BCUT2D eigenvalue weighted by Crippen LogP contribution is -2.10. The predicted molar refractivity (Wildman–Crippen MR) is 220 cm³/mol. The topological polar surface area (TPSA) is 4.93 Å². The Bertz CT molecular complexity index is 2430. The third-order valence-electron chi connectivity index (χ3n) is 10.4. The lowest BCUT2D eigenvalue weighted by Gasteiger charge is -2.22. The van der Waals surface area contributed by atoms with Crippen molar-refractivity contribution in [3.05, 3.63) is 175 Å². The van der Waals surface area contributed by atoms with Crippen molar-refractivity contribution >= 4 is 21.5 Å². The van der Waals surface area contributed by atoms with Gasteiger partial charge in [0.2, 0.25) is 0 Å². The van der Waals surface area contributed by atoms with Gasteiger partial charge in [-0.05, 0) is 101 Å². The lowest BCUT2D eigenvalue weighted by molar-refractivity contribution is 0.590. The van der Waals surface area contributed by atoms with Gasteiger partial charge >= 0.3 is 0 Å². The van der Waals surface area contributed by atoms with Crippen molar-refractivity contribution in [2.75, 3.05) is 0 Å². The molecular formula is C50H45N. The fraction of sp³-hybridized carbons (Fsp3) is 0.160. The Hall–Kier alpha value is -5.66. The Kier molecular flexibility index (Phi) is 8.03. The van der Waals surface area contributed by atoms with Crippen molar-refractivity contribution in [2.24, 2.45) is 0 Å². The average molecular weight is 660 g/mol. The standard InChI is InChI=1S/C50H45N/c1-49(2,3)38-25-21-36(22-26-38)47-41-19-13-14-20-42(41)48(37-23-27-39(28-24-37)50(4,5)6)44-33-40(29-30-43(44)47)51-45(34-15-9-7-10-16-34)31-32-46(51)35-17-11-8-12-18-35/h7-33H,1-6H3. The molecule has 0 aliphatic heterocycles. The van der Waals surface area contributed by atoms with E-state index in [0.717, 1.165) is 5.69 Å². The van der Waals surface area contributed by atoms with Crippen LogP contribution in [0.15, 0.2) is 164 Å². The molecule has 0 aliphatic rings. The highest BCUT2D eigenvalue weighted by atomic mass is 15.0. The largest absolute Gasteiger partial charge is 0.309 e. The molecule has 0 saturated carbocycles. The van der Waals surface area contributed by atoms with Gasteiger partial charge in [0.05, 0.1) is 11.4 Å². The zero-order valence-corrected chi connectivity index (χ0v) is 30.5. The van der Waals surface area contributed by atoms with Gasteiger partial charge < -0.3 is 4.57 Å². The Balaban J connectivity index is 1.46. The van der Waals surface area contributed by atoms with Crippen LogP contribution in [0.4, 0.5) is 0 Å². The molecule has 1 nitrogen and oxygen atoms in total. The average Bonchev–Trinajstić information content (AvgIpc) is 3.59. The molecule has 0 amide bonds. The van der Waals surface area contributed by atoms with Crippen LogP contribution in [0.1, 0.15) is 52.7 Å². The summed E-state index contributed by atoms with van der Waals surface area (Å²) in [6.45, 7) is 13.7. The van der Waals surface area contributed by atoms with Crippen molar-refractivity contribution in [1.29, 1.82) is 0 Å². The number of hydrogen-bond donors (Lipinski definition) is 0. The summed E-state index contributed by atoms with van der Waals surface area (Å²) in [7, 11) is 0. The van der Waals surface area contributed by atoms with Crippen LogP contribution in [-0.2, 0) is 10.8 Å². The smallest absolute Gasteiger partial charge is 0.0535 e. The first-order valence-corrected chi connectivity index (χ1v) is 18.1. The molecule has 7 aromatic carbocycles. The van der Waals surface area contributed by atoms with Gasteiger partial charge in [-0.1, -0.05) is 181 Å². The van der Waals surface area contributed by atoms with Gasteiger partial charge in [-0.25, -0.2) is 0 Å². The summed E-state index contributed by atoms with van der Waals surface area (Å²) in [5, 5.41) is 5.04. The molecule has 0 fully saturated rings. The Labute approximate surface area is 302 Å². The highest BCUT2D eigenvalue weighted by Crippen LogP contribution is 2.45. The van der Waals surface area contributed by atoms with E-state index < -0.39 is 0 Å². The Morgan fingerprint density at radius 2 is 0.725 bits per heavy atom. The molecule has 1 aromatic heterocycles. The van der Waals surface area contributed by atoms with Gasteiger partial charge in [-0.3, -0.25) is 0 Å². The van der Waals surface area contributed by atoms with Crippen molar-refractivity contribution < 1.29 is 0 Å². The van der Waals surface area contributed by atoms with E-state index in [1.54, 1.807) is 0 Å². The zero-order valence-electron chi connectivity index (χ0n) is 30.5. The van der Waals surface area contributed by atoms with Crippen molar-refractivity contribution in [1.82, 2.24) is 4.57 Å². The number of rotatable bonds is 5. The van der Waals surface area contributed by atoms with Crippen LogP contribution < -0.4 is 0 Å². The van der Waals surface area contributed by atoms with E-state index >= 15 is 0 Å². The molecule has 51 heavy (non-hydrogen) atoms. The molecule has 0 atom stereocenters. The second kappa shape index (κ2) is 12.6. The molecule has 1 heteroatoms. The number of benzene rings is 7. The number of hydrogen-bond acceptors (Lipinski definition) is 0. The molecule has 8 rings (SSSR count). The molecule has 0 bridgehead atoms. The molecule has 1 heterocycles. The van der Waals surface area contributed by atoms with E-state index in [1.165, 1.54) is 77.4 Å². The summed E-state index contributed by atoms with van der Waals surface area (Å²) in [4.78, 5) is 0. The van der Waals surface area contributed by atoms with Gasteiger partial charge in [-0.2, -0.15) is 0 Å². The van der Waals surface area contributed by atoms with E-state index in [9.17, 15) is 0 Å². The van der Waals surface area contributed by atoms with Crippen LogP contribution in [0.2, 0.25) is 0 Å². The highest BCUT2D eigenvalue weighted by molar-refractivity contribution is 6.21. The predicted octanol–water partition coefficient (Wildman–Crippen LogP) is 14.0. The minimum Gasteiger partial charge on any atom is -0.309 e. The summed E-state index contributed by atoms with van der Waals surface area (Å²) in [5.41, 5.74) is 13.7. The van der Waals surface area contributed by atoms with E-state index in [1.807, 2.05) is 0 Å². The quantitative estimate of drug-likeness (QED) is 0.162. The van der Waals surface area contributed by atoms with Gasteiger partial charge in [0.15, 0.2) is 0 Å². The van der Waals surface area contributed by atoms with Crippen molar-refractivity contribution in [3.63, 3.8) is 0 Å². The van der Waals surface area contributed by atoms with Gasteiger partial charge in [0, 0.05) is 5.69 Å². The van der Waals surface area contributed by atoms with E-state index in [2.05, 4.69) is 210 Å². The number of nitrogens with zero attached hydrogens (tertiary/aromatic N) is 1. The Morgan fingerprint density at radius 1 is 0.333 bits per heavy atom. The maximum absolute atomic E-state index is 2.43. The molecule has 0 unspecified atom stereocenters. The normalized spacial score (nSPS) is 12.1. The molecule has 0 saturated heterocycles. The third-order valence-corrected chi connectivity index (χ3v) is 10.4. The molecule has 0 N–H and O–H groups in total. The molecular weight excluding hydrogens is 615 g/mol. The van der Waals surface area contributed by atoms with Crippen LogP contribution in [0.25, 0.3) is 72.0 Å². The molecule has 250 valence electrons. The van der Waals surface area contributed by atoms with Gasteiger partial charge in [0.1, 0.15) is 0 Å². The molecule has 0 aliphatic carbocycles. The summed E-state index contributed by atoms with van der Waals surface area (Å²) >= 11 is 0. The van der Waals surface area contributed by atoms with Gasteiger partial charge in [0.25, 0.3) is 0 Å². The second-order valence-electron chi connectivity index (χ2n) is 15.9. The summed E-state index contributed by atoms with van der Waals surface area (Å²) < 4.78 is 2.43. The van der Waals surface area contributed by atoms with E-state index in [0.29, 0.717) is 0 Å². The highest BCUT2D eigenvalue weighted by Gasteiger charge is 2.21. The van der Waals surface area contributed by atoms with Crippen LogP contribution in [0.3, 0.4) is 0 Å². The fourth-order valence-corrected chi connectivity index (χ4v) is 7.58. The van der Waals surface area contributed by atoms with E-state index in [4.69, 9.17) is 0 Å². The van der Waals surface area contributed by atoms with Gasteiger partial charge in [-0.15, -0.1) is 0 Å². The lowest BCUT2D eigenvalue weighted by atomic mass is 9.82. The summed E-state index contributed by atoms with van der Waals surface area (Å²) in [6.07, 6.45) is 0. The second-order valence-corrected chi connectivity index (χ2v) is 15.9. The molecule has 0 spiro atoms. The number of fused-ring (bicyclic) bond motifs is 2. The number of aromatic nitrogens is 1. The van der Waals surface area contributed by atoms with Crippen LogP contribution >= 0.6 is 0 Å². The van der Waals surface area contributed by atoms with E-state index in [-0.39, 0.29) is 10.8 Å². The fourth-order valence-electron chi connectivity index (χ4n) is 7.58. The van der Waals surface area contributed by atoms with Crippen LogP contribution in [-0.4, -0.2) is 4.57 Å². The van der Waals surface area contributed by atoms with Crippen molar-refractivity contribution in [3.8, 4) is 50.5 Å². The van der Waals surface area contributed by atoms with Crippen LogP contribution in [0.5, 0.6) is 0 Å². The van der Waals surface area contributed by atoms with Crippen LogP contribution in [0, 0.1) is 0 Å². The maximum atomic E-state index is 2.43. The first-order valence-electron chi connectivity index (χ1n) is 18.1. The monoisotopic (exact) mass is 659 g/mol. The molecule has 8 aromatic rings. The summed E-state index contributed by atoms with van der Waals surface area (Å²) in [5.74, 6) is 0. The SMILES string of the molecule is CC(C)(C)c1ccc(-c2c3ccccc3c(-c3ccc(C(C)(C)C)cc3)c3cc(-n4c(-c5ccccc5)ccc4-c4ccccc4)ccc23)cc1. The molecule has 0 radical (unpaired) electrons. The minimum absolute atomic E-state index is 0.0784. The zero-order chi connectivity index (χ0) is 35.3.